The molecule has 5 N–H and O–H groups in total. The first-order chi connectivity index (χ1) is 20.2. The molecule has 2 aromatic rings. The van der Waals surface area contributed by atoms with Crippen LogP contribution >= 0.6 is 0 Å². The van der Waals surface area contributed by atoms with Crippen LogP contribution in [0.25, 0.3) is 0 Å². The number of hydrogen-bond donors (Lipinski definition) is 5. The third-order valence-corrected chi connectivity index (χ3v) is 7.69. The van der Waals surface area contributed by atoms with E-state index < -0.39 is 107 Å². The summed E-state index contributed by atoms with van der Waals surface area (Å²) in [4.78, 5) is 60.9. The number of amides is 4. The summed E-state index contributed by atoms with van der Waals surface area (Å²) in [6.07, 6.45) is -0.416. The van der Waals surface area contributed by atoms with Gasteiger partial charge < -0.3 is 31.1 Å². The minimum atomic E-state index is -2.09. The number of aromatic hydroxyl groups is 1. The maximum absolute atomic E-state index is 14.6. The Morgan fingerprint density at radius 1 is 1.07 bits per heavy atom. The van der Waals surface area contributed by atoms with Crippen molar-refractivity contribution < 1.29 is 47.0 Å². The molecule has 1 saturated carbocycles. The molecule has 1 aliphatic heterocycles. The summed E-state index contributed by atoms with van der Waals surface area (Å²) in [5.74, 6) is -13.4. The van der Waals surface area contributed by atoms with Crippen molar-refractivity contribution in [2.45, 2.75) is 63.4 Å². The molecular formula is C27H30F4N6O6. The number of hydrogen-bond acceptors (Lipinski definition) is 8. The van der Waals surface area contributed by atoms with E-state index in [1.165, 1.54) is 39.2 Å². The van der Waals surface area contributed by atoms with Crippen molar-refractivity contribution in [3.63, 3.8) is 0 Å². The molecule has 12 nitrogen and oxygen atoms in total. The first-order valence-electron chi connectivity index (χ1n) is 13.4. The summed E-state index contributed by atoms with van der Waals surface area (Å²) in [5.41, 5.74) is -1.57. The van der Waals surface area contributed by atoms with E-state index in [4.69, 9.17) is 0 Å². The average Bonchev–Trinajstić information content (AvgIpc) is 3.79. The van der Waals surface area contributed by atoms with Gasteiger partial charge in [0, 0.05) is 25.2 Å². The van der Waals surface area contributed by atoms with E-state index in [0.717, 1.165) is 4.90 Å². The number of nitrogens with zero attached hydrogens (tertiary/aromatic N) is 3. The highest BCUT2D eigenvalue weighted by Crippen LogP contribution is 2.36. The zero-order valence-electron chi connectivity index (χ0n) is 23.3. The lowest BCUT2D eigenvalue weighted by Crippen LogP contribution is -2.64. The third-order valence-electron chi connectivity index (χ3n) is 7.69. The van der Waals surface area contributed by atoms with Crippen molar-refractivity contribution in [2.24, 2.45) is 11.8 Å². The highest BCUT2D eigenvalue weighted by molar-refractivity contribution is 5.98. The molecule has 1 unspecified atom stereocenters. The van der Waals surface area contributed by atoms with Crippen molar-refractivity contribution in [3.05, 3.63) is 53.1 Å². The molecule has 4 amide bonds. The Morgan fingerprint density at radius 2 is 1.74 bits per heavy atom. The van der Waals surface area contributed by atoms with Gasteiger partial charge in [-0.2, -0.15) is 18.2 Å². The van der Waals surface area contributed by atoms with E-state index in [1.54, 1.807) is 0 Å². The second-order valence-corrected chi connectivity index (χ2v) is 10.7. The number of likely N-dealkylation sites (N-methyl/N-ethyl adjacent to an activating group) is 1. The third kappa shape index (κ3) is 6.53. The Bertz CT molecular complexity index is 1440. The number of rotatable bonds is 5. The monoisotopic (exact) mass is 610 g/mol. The van der Waals surface area contributed by atoms with Gasteiger partial charge in [0.1, 0.15) is 17.8 Å². The van der Waals surface area contributed by atoms with Gasteiger partial charge in [0.15, 0.2) is 11.5 Å². The minimum absolute atomic E-state index is 0.229. The molecule has 0 bridgehead atoms. The summed E-state index contributed by atoms with van der Waals surface area (Å²) in [7, 11) is 1.35. The molecule has 232 valence electrons. The number of aromatic nitrogens is 2. The van der Waals surface area contributed by atoms with Gasteiger partial charge in [-0.3, -0.25) is 19.2 Å². The molecule has 1 saturated heterocycles. The van der Waals surface area contributed by atoms with Crippen molar-refractivity contribution >= 4 is 23.6 Å². The smallest absolute Gasteiger partial charge is 0.274 e. The topological polar surface area (TPSA) is 174 Å². The van der Waals surface area contributed by atoms with Crippen LogP contribution in [0, 0.1) is 35.4 Å². The van der Waals surface area contributed by atoms with Gasteiger partial charge in [-0.1, -0.05) is 6.92 Å². The fourth-order valence-electron chi connectivity index (χ4n) is 5.10. The maximum Gasteiger partial charge on any atom is 0.274 e. The molecule has 0 radical (unpaired) electrons. The summed E-state index contributed by atoms with van der Waals surface area (Å²) in [5, 5.41) is 28.6. The normalized spacial score (nSPS) is 27.1. The van der Waals surface area contributed by atoms with Gasteiger partial charge >= 0.3 is 0 Å². The number of aliphatic hydroxyl groups excluding tert-OH is 1. The molecule has 3 heterocycles. The highest BCUT2D eigenvalue weighted by atomic mass is 19.2. The number of aliphatic hydroxyl groups is 1. The molecular weight excluding hydrogens is 580 g/mol. The molecule has 2 aliphatic rings. The molecule has 2 aromatic heterocycles. The van der Waals surface area contributed by atoms with Crippen LogP contribution < -0.4 is 16.0 Å². The van der Waals surface area contributed by atoms with Crippen molar-refractivity contribution in [1.82, 2.24) is 30.8 Å². The Morgan fingerprint density at radius 3 is 2.37 bits per heavy atom. The maximum atomic E-state index is 14.6. The molecule has 1 aliphatic carbocycles. The SMILES string of the molecule is C[C@H]1NC(=O)C(C2CC2)N(C)C(=O)[C@H](C)[C@H](O)[C@H](Cc2c(F)nc(F)c(F)c2F)NC(=O)[C@H]1NC(=O)c1ncccc1O. The van der Waals surface area contributed by atoms with Crippen LogP contribution in [0.3, 0.4) is 0 Å². The van der Waals surface area contributed by atoms with Crippen LogP contribution in [0.5, 0.6) is 5.75 Å². The minimum Gasteiger partial charge on any atom is -0.505 e. The predicted octanol–water partition coefficient (Wildman–Crippen LogP) is 0.317. The fourth-order valence-corrected chi connectivity index (χ4v) is 5.10. The van der Waals surface area contributed by atoms with E-state index in [9.17, 15) is 47.0 Å². The fraction of sp³-hybridized carbons (Fsp3) is 0.481. The van der Waals surface area contributed by atoms with Crippen LogP contribution in [-0.2, 0) is 20.8 Å². The van der Waals surface area contributed by atoms with Crippen molar-refractivity contribution in [1.29, 1.82) is 0 Å². The molecule has 0 spiro atoms. The molecule has 4 rings (SSSR count). The van der Waals surface area contributed by atoms with Gasteiger partial charge in [0.05, 0.1) is 24.1 Å². The van der Waals surface area contributed by atoms with Gasteiger partial charge in [-0.05, 0) is 37.8 Å². The lowest BCUT2D eigenvalue weighted by atomic mass is 9.90. The Labute approximate surface area is 242 Å². The van der Waals surface area contributed by atoms with E-state index >= 15 is 0 Å². The zero-order chi connectivity index (χ0) is 31.7. The zero-order valence-corrected chi connectivity index (χ0v) is 23.3. The van der Waals surface area contributed by atoms with Crippen molar-refractivity contribution in [2.75, 3.05) is 7.05 Å². The number of nitrogens with one attached hydrogen (secondary N) is 3. The van der Waals surface area contributed by atoms with Crippen LogP contribution in [0.4, 0.5) is 17.6 Å². The highest BCUT2D eigenvalue weighted by Gasteiger charge is 2.45. The Kier molecular flexibility index (Phi) is 9.18. The molecule has 43 heavy (non-hydrogen) atoms. The first kappa shape index (κ1) is 31.6. The first-order valence-corrected chi connectivity index (χ1v) is 13.4. The number of carbonyl (C=O) groups is 4. The van der Waals surface area contributed by atoms with Crippen LogP contribution in [-0.4, -0.2) is 86.0 Å². The largest absolute Gasteiger partial charge is 0.505 e. The molecule has 2 fully saturated rings. The van der Waals surface area contributed by atoms with E-state index in [-0.39, 0.29) is 5.92 Å². The van der Waals surface area contributed by atoms with E-state index in [0.29, 0.717) is 12.8 Å². The quantitative estimate of drug-likeness (QED) is 0.238. The lowest BCUT2D eigenvalue weighted by Gasteiger charge is -2.37. The molecule has 6 atom stereocenters. The van der Waals surface area contributed by atoms with Gasteiger partial charge in [0.2, 0.25) is 29.5 Å². The second kappa shape index (κ2) is 12.5. The Balaban J connectivity index is 1.76. The predicted molar refractivity (Wildman–Crippen MR) is 139 cm³/mol. The summed E-state index contributed by atoms with van der Waals surface area (Å²) < 4.78 is 56.6. The average molecular weight is 611 g/mol. The lowest BCUT2D eigenvalue weighted by molar-refractivity contribution is -0.147. The van der Waals surface area contributed by atoms with Gasteiger partial charge in [-0.15, -0.1) is 0 Å². The molecule has 16 heteroatoms. The second-order valence-electron chi connectivity index (χ2n) is 10.7. The Hall–Kier alpha value is -4.34. The van der Waals surface area contributed by atoms with Gasteiger partial charge in [0.25, 0.3) is 11.9 Å². The molecule has 0 aromatic carbocycles. The van der Waals surface area contributed by atoms with E-state index in [1.807, 2.05) is 0 Å². The standard InChI is InChI=1S/C27H30F4N6O6/c1-10-21(39)14(9-13-16(28)17(29)23(31)36-22(13)30)34-24(40)18(35-25(41)19-15(38)5-4-8-32-19)11(2)33-26(42)20(12-6-7-12)37(3)27(10)43/h4-5,8,10-12,14,18,20-21,38-39H,6-7,9H2,1-3H3,(H,33,42)(H,34,40)(H,35,41)/t10-,11-,14+,18+,20?,21+/m1/s1. The van der Waals surface area contributed by atoms with Crippen LogP contribution in [0.1, 0.15) is 42.7 Å². The summed E-state index contributed by atoms with van der Waals surface area (Å²) >= 11 is 0. The van der Waals surface area contributed by atoms with Crippen LogP contribution in [0.15, 0.2) is 18.3 Å². The van der Waals surface area contributed by atoms with Crippen molar-refractivity contribution in [3.8, 4) is 5.75 Å². The van der Waals surface area contributed by atoms with E-state index in [2.05, 4.69) is 25.9 Å². The summed E-state index contributed by atoms with van der Waals surface area (Å²) in [6.45, 7) is 2.63. The number of pyridine rings is 2. The van der Waals surface area contributed by atoms with Gasteiger partial charge in [-0.25, -0.2) is 9.37 Å². The summed E-state index contributed by atoms with van der Waals surface area (Å²) in [6, 6.07) is -2.99. The van der Waals surface area contributed by atoms with Crippen LogP contribution in [0.2, 0.25) is 0 Å². The number of carbonyl (C=O) groups excluding carboxylic acids is 4. The number of halogens is 4.